The van der Waals surface area contributed by atoms with Gasteiger partial charge in [-0.25, -0.2) is 14.1 Å². The van der Waals surface area contributed by atoms with Gasteiger partial charge in [0, 0.05) is 25.5 Å². The average molecular weight is 493 g/mol. The molecule has 2 aromatic carbocycles. The van der Waals surface area contributed by atoms with E-state index in [1.165, 1.54) is 0 Å². The van der Waals surface area contributed by atoms with Crippen LogP contribution in [0.4, 0.5) is 4.39 Å². The predicted molar refractivity (Wildman–Crippen MR) is 122 cm³/mol. The topological polar surface area (TPSA) is 54.2 Å². The molecule has 2 N–H and O–H groups in total. The van der Waals surface area contributed by atoms with Gasteiger partial charge in [0.2, 0.25) is 0 Å². The molecule has 1 heterocycles. The number of hydrogen-bond donors (Lipinski definition) is 2. The van der Waals surface area contributed by atoms with Crippen molar-refractivity contribution in [1.29, 1.82) is 0 Å². The van der Waals surface area contributed by atoms with Crippen LogP contribution in [-0.4, -0.2) is 22.3 Å². The van der Waals surface area contributed by atoms with Crippen LogP contribution in [0.2, 0.25) is 0 Å². The summed E-state index contributed by atoms with van der Waals surface area (Å²) in [5.74, 6) is 0.509. The van der Waals surface area contributed by atoms with E-state index in [9.17, 15) is 4.39 Å². The second-order valence-corrected chi connectivity index (χ2v) is 6.25. The molecule has 148 valence electrons. The van der Waals surface area contributed by atoms with Gasteiger partial charge in [0.15, 0.2) is 5.96 Å². The zero-order valence-electron chi connectivity index (χ0n) is 16.0. The van der Waals surface area contributed by atoms with Crippen LogP contribution in [0.15, 0.2) is 65.9 Å². The molecule has 28 heavy (non-hydrogen) atoms. The number of rotatable bonds is 6. The highest BCUT2D eigenvalue weighted by Crippen LogP contribution is 2.11. The molecule has 0 aliphatic rings. The normalized spacial score (nSPS) is 11.0. The molecule has 0 unspecified atom stereocenters. The van der Waals surface area contributed by atoms with Crippen molar-refractivity contribution in [2.24, 2.45) is 4.99 Å². The van der Waals surface area contributed by atoms with Gasteiger partial charge in [0.05, 0.1) is 12.2 Å². The van der Waals surface area contributed by atoms with Crippen LogP contribution < -0.4 is 10.6 Å². The molecule has 0 amide bonds. The third-order valence-corrected chi connectivity index (χ3v) is 4.14. The number of nitrogens with one attached hydrogen (secondary N) is 2. The molecule has 5 nitrogen and oxygen atoms in total. The third kappa shape index (κ3) is 6.05. The summed E-state index contributed by atoms with van der Waals surface area (Å²) in [5.41, 5.74) is 3.61. The molecule has 0 radical (unpaired) electrons. The SMILES string of the molecule is CCNC(=NCc1cccc(-n2cccn2)c1)NCc1ccc(C)c(F)c1.I. The predicted octanol–water partition coefficient (Wildman–Crippen LogP) is 4.19. The Balaban J connectivity index is 0.00000280. The smallest absolute Gasteiger partial charge is 0.191 e. The number of nitrogens with zero attached hydrogens (tertiary/aromatic N) is 3. The number of aryl methyl sites for hydroxylation is 1. The van der Waals surface area contributed by atoms with Gasteiger partial charge in [0.1, 0.15) is 5.82 Å². The molecule has 0 aliphatic heterocycles. The van der Waals surface area contributed by atoms with E-state index in [0.717, 1.165) is 23.4 Å². The van der Waals surface area contributed by atoms with Gasteiger partial charge >= 0.3 is 0 Å². The number of halogens is 2. The Morgan fingerprint density at radius 1 is 1.11 bits per heavy atom. The molecule has 0 saturated carbocycles. The van der Waals surface area contributed by atoms with E-state index in [-0.39, 0.29) is 29.8 Å². The number of benzene rings is 2. The monoisotopic (exact) mass is 493 g/mol. The minimum absolute atomic E-state index is 0. The zero-order valence-corrected chi connectivity index (χ0v) is 18.4. The van der Waals surface area contributed by atoms with Crippen molar-refractivity contribution in [2.45, 2.75) is 26.9 Å². The van der Waals surface area contributed by atoms with E-state index < -0.39 is 0 Å². The summed E-state index contributed by atoms with van der Waals surface area (Å²) < 4.78 is 15.5. The molecule has 3 aromatic rings. The van der Waals surface area contributed by atoms with Gasteiger partial charge in [-0.3, -0.25) is 0 Å². The van der Waals surface area contributed by atoms with Crippen molar-refractivity contribution < 1.29 is 4.39 Å². The van der Waals surface area contributed by atoms with E-state index >= 15 is 0 Å². The van der Waals surface area contributed by atoms with E-state index in [1.54, 1.807) is 25.3 Å². The molecule has 0 atom stereocenters. The first-order valence-corrected chi connectivity index (χ1v) is 9.02. The molecule has 3 rings (SSSR count). The van der Waals surface area contributed by atoms with Crippen LogP contribution in [-0.2, 0) is 13.1 Å². The fraction of sp³-hybridized carbons (Fsp3) is 0.238. The van der Waals surface area contributed by atoms with Crippen molar-refractivity contribution in [3.63, 3.8) is 0 Å². The summed E-state index contributed by atoms with van der Waals surface area (Å²) in [4.78, 5) is 4.63. The van der Waals surface area contributed by atoms with Gasteiger partial charge in [-0.05, 0) is 54.8 Å². The Labute approximate surface area is 182 Å². The molecular formula is C21H25FIN5. The van der Waals surface area contributed by atoms with Crippen molar-refractivity contribution in [1.82, 2.24) is 20.4 Å². The first-order chi connectivity index (χ1) is 13.2. The molecule has 0 saturated heterocycles. The number of hydrogen-bond acceptors (Lipinski definition) is 2. The van der Waals surface area contributed by atoms with Crippen molar-refractivity contribution in [3.8, 4) is 5.69 Å². The van der Waals surface area contributed by atoms with Gasteiger partial charge in [0.25, 0.3) is 0 Å². The molecule has 0 spiro atoms. The lowest BCUT2D eigenvalue weighted by Gasteiger charge is -2.12. The van der Waals surface area contributed by atoms with Crippen LogP contribution in [0.5, 0.6) is 0 Å². The highest BCUT2D eigenvalue weighted by Gasteiger charge is 2.03. The quantitative estimate of drug-likeness (QED) is 0.308. The maximum atomic E-state index is 13.7. The molecule has 0 bridgehead atoms. The first kappa shape index (κ1) is 21.9. The third-order valence-electron chi connectivity index (χ3n) is 4.14. The van der Waals surface area contributed by atoms with E-state index in [2.05, 4.69) is 26.8 Å². The number of guanidine groups is 1. The van der Waals surface area contributed by atoms with Crippen molar-refractivity contribution >= 4 is 29.9 Å². The number of aliphatic imine (C=N–C) groups is 1. The van der Waals surface area contributed by atoms with E-state index in [1.807, 2.05) is 48.1 Å². The molecular weight excluding hydrogens is 468 g/mol. The highest BCUT2D eigenvalue weighted by molar-refractivity contribution is 14.0. The highest BCUT2D eigenvalue weighted by atomic mass is 127. The lowest BCUT2D eigenvalue weighted by molar-refractivity contribution is 0.615. The second kappa shape index (κ2) is 10.8. The summed E-state index contributed by atoms with van der Waals surface area (Å²) in [6, 6.07) is 15.3. The minimum Gasteiger partial charge on any atom is -0.357 e. The Morgan fingerprint density at radius 3 is 2.68 bits per heavy atom. The van der Waals surface area contributed by atoms with Crippen LogP contribution in [0.25, 0.3) is 5.69 Å². The fourth-order valence-electron chi connectivity index (χ4n) is 2.66. The Bertz CT molecular complexity index is 909. The Morgan fingerprint density at radius 2 is 1.96 bits per heavy atom. The maximum Gasteiger partial charge on any atom is 0.191 e. The van der Waals surface area contributed by atoms with E-state index in [0.29, 0.717) is 24.6 Å². The Kier molecular flexibility index (Phi) is 8.43. The standard InChI is InChI=1S/C21H24FN5.HI/c1-3-23-21(25-15-18-9-8-16(2)20(22)13-18)24-14-17-6-4-7-19(12-17)27-11-5-10-26-27;/h4-13H,3,14-15H2,1-2H3,(H2,23,24,25);1H. The molecule has 7 heteroatoms. The molecule has 0 aliphatic carbocycles. The van der Waals surface area contributed by atoms with Gasteiger partial charge in [-0.15, -0.1) is 24.0 Å². The summed E-state index contributed by atoms with van der Waals surface area (Å²) in [6.07, 6.45) is 3.67. The van der Waals surface area contributed by atoms with Crippen LogP contribution in [0, 0.1) is 12.7 Å². The largest absolute Gasteiger partial charge is 0.357 e. The summed E-state index contributed by atoms with van der Waals surface area (Å²) in [7, 11) is 0. The van der Waals surface area contributed by atoms with Gasteiger partial charge in [-0.2, -0.15) is 5.10 Å². The van der Waals surface area contributed by atoms with Crippen molar-refractivity contribution in [2.75, 3.05) is 6.54 Å². The van der Waals surface area contributed by atoms with E-state index in [4.69, 9.17) is 0 Å². The fourth-order valence-corrected chi connectivity index (χ4v) is 2.66. The van der Waals surface area contributed by atoms with Crippen molar-refractivity contribution in [3.05, 3.63) is 83.4 Å². The first-order valence-electron chi connectivity index (χ1n) is 9.02. The van der Waals surface area contributed by atoms with Crippen LogP contribution in [0.3, 0.4) is 0 Å². The number of aromatic nitrogens is 2. The van der Waals surface area contributed by atoms with Crippen LogP contribution in [0.1, 0.15) is 23.6 Å². The maximum absolute atomic E-state index is 13.7. The second-order valence-electron chi connectivity index (χ2n) is 6.25. The minimum atomic E-state index is -0.188. The van der Waals surface area contributed by atoms with Crippen LogP contribution >= 0.6 is 24.0 Å². The average Bonchev–Trinajstić information content (AvgIpc) is 3.22. The lowest BCUT2D eigenvalue weighted by Crippen LogP contribution is -2.36. The zero-order chi connectivity index (χ0) is 19.1. The molecule has 0 fully saturated rings. The summed E-state index contributed by atoms with van der Waals surface area (Å²) >= 11 is 0. The summed E-state index contributed by atoms with van der Waals surface area (Å²) in [6.45, 7) is 5.57. The Hall–Kier alpha value is -2.42. The lowest BCUT2D eigenvalue weighted by atomic mass is 10.1. The summed E-state index contributed by atoms with van der Waals surface area (Å²) in [5, 5.41) is 10.7. The van der Waals surface area contributed by atoms with Gasteiger partial charge in [-0.1, -0.05) is 24.3 Å². The molecule has 1 aromatic heterocycles. The van der Waals surface area contributed by atoms with Gasteiger partial charge < -0.3 is 10.6 Å².